The summed E-state index contributed by atoms with van der Waals surface area (Å²) in [6.07, 6.45) is 0. The van der Waals surface area contributed by atoms with Crippen molar-refractivity contribution < 1.29 is 28.5 Å². The van der Waals surface area contributed by atoms with Gasteiger partial charge in [0.25, 0.3) is 5.91 Å². The number of methoxy groups -OCH3 is 3. The number of nitrogens with one attached hydrogen (secondary N) is 1. The number of hydrogen-bond acceptors (Lipinski definition) is 6. The molecule has 1 amide bonds. The third-order valence-electron chi connectivity index (χ3n) is 3.99. The number of hydrogen-bond donors (Lipinski definition) is 1. The van der Waals surface area contributed by atoms with E-state index in [0.717, 1.165) is 5.56 Å². The molecule has 0 fully saturated rings. The maximum absolute atomic E-state index is 12.4. The summed E-state index contributed by atoms with van der Waals surface area (Å²) < 4.78 is 20.7. The van der Waals surface area contributed by atoms with Gasteiger partial charge in [0.15, 0.2) is 18.1 Å². The predicted octanol–water partition coefficient (Wildman–Crippen LogP) is 3.40. The predicted molar refractivity (Wildman–Crippen MR) is 104 cm³/mol. The zero-order valence-corrected chi connectivity index (χ0v) is 16.8. The maximum atomic E-state index is 12.4. The van der Waals surface area contributed by atoms with Crippen molar-refractivity contribution in [1.29, 1.82) is 0 Å². The number of amides is 1. The van der Waals surface area contributed by atoms with Crippen molar-refractivity contribution in [2.45, 2.75) is 13.0 Å². The third kappa shape index (κ3) is 5.29. The highest BCUT2D eigenvalue weighted by atomic mass is 35.5. The lowest BCUT2D eigenvalue weighted by atomic mass is 10.1. The van der Waals surface area contributed by atoms with Crippen LogP contribution in [0.5, 0.6) is 17.2 Å². The van der Waals surface area contributed by atoms with Crippen molar-refractivity contribution in [2.24, 2.45) is 0 Å². The zero-order chi connectivity index (χ0) is 20.7. The Morgan fingerprint density at radius 3 is 2.25 bits per heavy atom. The molecular weight excluding hydrogens is 386 g/mol. The first-order valence-electron chi connectivity index (χ1n) is 8.41. The molecule has 28 heavy (non-hydrogen) atoms. The molecule has 0 saturated carbocycles. The monoisotopic (exact) mass is 407 g/mol. The Balaban J connectivity index is 2.02. The van der Waals surface area contributed by atoms with Gasteiger partial charge < -0.3 is 24.3 Å². The average Bonchev–Trinajstić information content (AvgIpc) is 2.70. The quantitative estimate of drug-likeness (QED) is 0.675. The number of carbonyl (C=O) groups excluding carboxylic acids is 2. The van der Waals surface area contributed by atoms with E-state index in [2.05, 4.69) is 5.32 Å². The van der Waals surface area contributed by atoms with Gasteiger partial charge in [0, 0.05) is 17.2 Å². The minimum Gasteiger partial charge on any atom is -0.496 e. The van der Waals surface area contributed by atoms with Crippen LogP contribution in [0.3, 0.4) is 0 Å². The molecule has 0 radical (unpaired) electrons. The number of halogens is 1. The SMILES string of the molecule is COc1cc(OC)c(C(=O)OCC(=O)N[C@H](C)c2cccc(Cl)c2)cc1OC. The normalized spacial score (nSPS) is 11.3. The number of esters is 1. The van der Waals surface area contributed by atoms with Gasteiger partial charge in [0.2, 0.25) is 0 Å². The van der Waals surface area contributed by atoms with Crippen molar-refractivity contribution in [3.63, 3.8) is 0 Å². The molecule has 2 aromatic carbocycles. The fraction of sp³-hybridized carbons (Fsp3) is 0.300. The lowest BCUT2D eigenvalue weighted by Gasteiger charge is -2.16. The molecule has 0 aliphatic carbocycles. The molecule has 0 spiro atoms. The Labute approximate surface area is 168 Å². The summed E-state index contributed by atoms with van der Waals surface area (Å²) in [6, 6.07) is 9.80. The standard InChI is InChI=1S/C20H22ClNO6/c1-12(13-6-5-7-14(21)8-13)22-19(23)11-28-20(24)15-9-17(26-3)18(27-4)10-16(15)25-2/h5-10,12H,11H2,1-4H3,(H,22,23)/t12-/m1/s1. The van der Waals surface area contributed by atoms with E-state index in [1.165, 1.54) is 33.5 Å². The lowest BCUT2D eigenvalue weighted by Crippen LogP contribution is -2.31. The molecule has 8 heteroatoms. The van der Waals surface area contributed by atoms with Crippen LogP contribution in [0.4, 0.5) is 0 Å². The highest BCUT2D eigenvalue weighted by Gasteiger charge is 2.20. The summed E-state index contributed by atoms with van der Waals surface area (Å²) in [5.41, 5.74) is 0.963. The second-order valence-electron chi connectivity index (χ2n) is 5.83. The first-order chi connectivity index (χ1) is 13.4. The van der Waals surface area contributed by atoms with Crippen molar-refractivity contribution in [1.82, 2.24) is 5.32 Å². The summed E-state index contributed by atoms with van der Waals surface area (Å²) >= 11 is 5.96. The molecule has 1 N–H and O–H groups in total. The molecule has 0 aliphatic heterocycles. The van der Waals surface area contributed by atoms with Gasteiger partial charge in [-0.1, -0.05) is 23.7 Å². The van der Waals surface area contributed by atoms with E-state index in [1.54, 1.807) is 18.2 Å². The van der Waals surface area contributed by atoms with Crippen molar-refractivity contribution in [3.8, 4) is 17.2 Å². The number of carbonyl (C=O) groups is 2. The third-order valence-corrected chi connectivity index (χ3v) is 4.22. The zero-order valence-electron chi connectivity index (χ0n) is 16.1. The molecule has 0 aromatic heterocycles. The van der Waals surface area contributed by atoms with Crippen LogP contribution in [0.1, 0.15) is 28.9 Å². The van der Waals surface area contributed by atoms with Gasteiger partial charge in [-0.15, -0.1) is 0 Å². The summed E-state index contributed by atoms with van der Waals surface area (Å²) in [4.78, 5) is 24.5. The van der Waals surface area contributed by atoms with Crippen molar-refractivity contribution in [3.05, 3.63) is 52.5 Å². The largest absolute Gasteiger partial charge is 0.496 e. The van der Waals surface area contributed by atoms with Gasteiger partial charge in [-0.2, -0.15) is 0 Å². The molecule has 2 rings (SSSR count). The van der Waals surface area contributed by atoms with Gasteiger partial charge in [-0.05, 0) is 24.6 Å². The van der Waals surface area contributed by atoms with Crippen LogP contribution in [-0.2, 0) is 9.53 Å². The van der Waals surface area contributed by atoms with Crippen LogP contribution in [0.2, 0.25) is 5.02 Å². The fourth-order valence-electron chi connectivity index (χ4n) is 2.54. The fourth-order valence-corrected chi connectivity index (χ4v) is 2.74. The van der Waals surface area contributed by atoms with Gasteiger partial charge in [0.1, 0.15) is 11.3 Å². The molecule has 150 valence electrons. The minimum atomic E-state index is -0.719. The Morgan fingerprint density at radius 2 is 1.64 bits per heavy atom. The molecular formula is C20H22ClNO6. The highest BCUT2D eigenvalue weighted by molar-refractivity contribution is 6.30. The van der Waals surface area contributed by atoms with Crippen molar-refractivity contribution >= 4 is 23.5 Å². The summed E-state index contributed by atoms with van der Waals surface area (Å²) in [7, 11) is 4.34. The minimum absolute atomic E-state index is 0.121. The average molecular weight is 408 g/mol. The second-order valence-corrected chi connectivity index (χ2v) is 6.26. The molecule has 0 unspecified atom stereocenters. The van der Waals surface area contributed by atoms with Crippen LogP contribution in [0.15, 0.2) is 36.4 Å². The lowest BCUT2D eigenvalue weighted by molar-refractivity contribution is -0.124. The van der Waals surface area contributed by atoms with Crippen LogP contribution < -0.4 is 19.5 Å². The first-order valence-corrected chi connectivity index (χ1v) is 8.79. The number of ether oxygens (including phenoxy) is 4. The highest BCUT2D eigenvalue weighted by Crippen LogP contribution is 2.34. The molecule has 0 aliphatic rings. The first kappa shape index (κ1) is 21.4. The smallest absolute Gasteiger partial charge is 0.342 e. The van der Waals surface area contributed by atoms with Gasteiger partial charge in [0.05, 0.1) is 27.4 Å². The summed E-state index contributed by atoms with van der Waals surface area (Å²) in [6.45, 7) is 1.37. The Kier molecular flexibility index (Phi) is 7.52. The molecule has 1 atom stereocenters. The van der Waals surface area contributed by atoms with E-state index in [9.17, 15) is 9.59 Å². The van der Waals surface area contributed by atoms with Gasteiger partial charge in [-0.25, -0.2) is 4.79 Å². The number of rotatable bonds is 8. The Hall–Kier alpha value is -2.93. The molecule has 2 aromatic rings. The van der Waals surface area contributed by atoms with Crippen LogP contribution in [-0.4, -0.2) is 39.8 Å². The Morgan fingerprint density at radius 1 is 1.00 bits per heavy atom. The van der Waals surface area contributed by atoms with E-state index in [1.807, 2.05) is 13.0 Å². The molecule has 0 bridgehead atoms. The maximum Gasteiger partial charge on any atom is 0.342 e. The summed E-state index contributed by atoms with van der Waals surface area (Å²) in [5.74, 6) is -0.169. The van der Waals surface area contributed by atoms with E-state index in [0.29, 0.717) is 16.5 Å². The van der Waals surface area contributed by atoms with E-state index < -0.39 is 18.5 Å². The van der Waals surface area contributed by atoms with E-state index >= 15 is 0 Å². The topological polar surface area (TPSA) is 83.1 Å². The van der Waals surface area contributed by atoms with Crippen LogP contribution in [0, 0.1) is 0 Å². The van der Waals surface area contributed by atoms with Crippen molar-refractivity contribution in [2.75, 3.05) is 27.9 Å². The van der Waals surface area contributed by atoms with Gasteiger partial charge >= 0.3 is 5.97 Å². The number of benzene rings is 2. The molecule has 7 nitrogen and oxygen atoms in total. The van der Waals surface area contributed by atoms with Crippen LogP contribution in [0.25, 0.3) is 0 Å². The Bertz CT molecular complexity index is 855. The van der Waals surface area contributed by atoms with E-state index in [-0.39, 0.29) is 17.4 Å². The second kappa shape index (κ2) is 9.85. The van der Waals surface area contributed by atoms with E-state index in [4.69, 9.17) is 30.5 Å². The summed E-state index contributed by atoms with van der Waals surface area (Å²) in [5, 5.41) is 3.32. The van der Waals surface area contributed by atoms with Crippen LogP contribution >= 0.6 is 11.6 Å². The molecule has 0 saturated heterocycles. The van der Waals surface area contributed by atoms with Gasteiger partial charge in [-0.3, -0.25) is 4.79 Å². The molecule has 0 heterocycles.